The Balaban J connectivity index is 2.12. The van der Waals surface area contributed by atoms with Crippen molar-refractivity contribution in [2.24, 2.45) is 0 Å². The summed E-state index contributed by atoms with van der Waals surface area (Å²) < 4.78 is 5.50. The van der Waals surface area contributed by atoms with Crippen molar-refractivity contribution in [3.8, 4) is 0 Å². The van der Waals surface area contributed by atoms with Crippen LogP contribution in [-0.4, -0.2) is 24.4 Å². The van der Waals surface area contributed by atoms with Crippen LogP contribution in [0.5, 0.6) is 0 Å². The summed E-state index contributed by atoms with van der Waals surface area (Å²) >= 11 is 0. The van der Waals surface area contributed by atoms with Gasteiger partial charge < -0.3 is 9.32 Å². The number of benzene rings is 1. The molecule has 0 unspecified atom stereocenters. The van der Waals surface area contributed by atoms with Gasteiger partial charge in [0, 0.05) is 24.5 Å². The van der Waals surface area contributed by atoms with Gasteiger partial charge in [-0.25, -0.2) is 0 Å². The SMILES string of the molecule is CCCCN(C)C(=O)Cc1coc2ccc(C)cc12. The molecule has 0 fully saturated rings. The fourth-order valence-corrected chi connectivity index (χ4v) is 2.15. The van der Waals surface area contributed by atoms with Crippen molar-refractivity contribution in [1.82, 2.24) is 4.90 Å². The molecule has 0 atom stereocenters. The van der Waals surface area contributed by atoms with Crippen LogP contribution in [0.2, 0.25) is 0 Å². The highest BCUT2D eigenvalue weighted by Crippen LogP contribution is 2.23. The lowest BCUT2D eigenvalue weighted by atomic mass is 10.1. The molecule has 102 valence electrons. The number of carbonyl (C=O) groups is 1. The van der Waals surface area contributed by atoms with E-state index >= 15 is 0 Å². The van der Waals surface area contributed by atoms with E-state index in [1.54, 1.807) is 11.2 Å². The van der Waals surface area contributed by atoms with Gasteiger partial charge in [0.2, 0.25) is 5.91 Å². The highest BCUT2D eigenvalue weighted by atomic mass is 16.3. The van der Waals surface area contributed by atoms with Gasteiger partial charge in [0.15, 0.2) is 0 Å². The number of nitrogens with zero attached hydrogens (tertiary/aromatic N) is 1. The molecule has 1 heterocycles. The molecule has 1 aromatic carbocycles. The Morgan fingerprint density at radius 1 is 1.37 bits per heavy atom. The van der Waals surface area contributed by atoms with E-state index in [-0.39, 0.29) is 5.91 Å². The number of carbonyl (C=O) groups excluding carboxylic acids is 1. The summed E-state index contributed by atoms with van der Waals surface area (Å²) in [5, 5.41) is 1.05. The van der Waals surface area contributed by atoms with Crippen molar-refractivity contribution < 1.29 is 9.21 Å². The fourth-order valence-electron chi connectivity index (χ4n) is 2.15. The third-order valence-electron chi connectivity index (χ3n) is 3.42. The third-order valence-corrected chi connectivity index (χ3v) is 3.42. The highest BCUT2D eigenvalue weighted by Gasteiger charge is 2.13. The van der Waals surface area contributed by atoms with Crippen LogP contribution in [0.4, 0.5) is 0 Å². The average molecular weight is 259 g/mol. The molecule has 0 saturated carbocycles. The second-order valence-corrected chi connectivity index (χ2v) is 5.11. The van der Waals surface area contributed by atoms with Gasteiger partial charge in [-0.2, -0.15) is 0 Å². The molecule has 0 spiro atoms. The smallest absolute Gasteiger partial charge is 0.226 e. The predicted octanol–water partition coefficient (Wildman–Crippen LogP) is 3.54. The minimum atomic E-state index is 0.151. The van der Waals surface area contributed by atoms with Gasteiger partial charge in [0.1, 0.15) is 5.58 Å². The van der Waals surface area contributed by atoms with Crippen LogP contribution in [0, 0.1) is 6.92 Å². The van der Waals surface area contributed by atoms with Gasteiger partial charge in [-0.3, -0.25) is 4.79 Å². The maximum atomic E-state index is 12.1. The van der Waals surface area contributed by atoms with Crippen molar-refractivity contribution in [3.05, 3.63) is 35.6 Å². The standard InChI is InChI=1S/C16H21NO2/c1-4-5-8-17(3)16(18)10-13-11-19-15-7-6-12(2)9-14(13)15/h6-7,9,11H,4-5,8,10H2,1-3H3. The molecular formula is C16H21NO2. The minimum absolute atomic E-state index is 0.151. The number of rotatable bonds is 5. The summed E-state index contributed by atoms with van der Waals surface area (Å²) in [4.78, 5) is 13.9. The monoisotopic (exact) mass is 259 g/mol. The summed E-state index contributed by atoms with van der Waals surface area (Å²) in [5.74, 6) is 0.151. The molecule has 0 saturated heterocycles. The molecule has 0 aliphatic rings. The Labute approximate surface area is 114 Å². The van der Waals surface area contributed by atoms with Gasteiger partial charge in [0.05, 0.1) is 12.7 Å². The zero-order chi connectivity index (χ0) is 13.8. The maximum Gasteiger partial charge on any atom is 0.226 e. The zero-order valence-electron chi connectivity index (χ0n) is 11.9. The number of unbranched alkanes of at least 4 members (excludes halogenated alkanes) is 1. The molecule has 2 rings (SSSR count). The van der Waals surface area contributed by atoms with Gasteiger partial charge in [0.25, 0.3) is 0 Å². The van der Waals surface area contributed by atoms with Gasteiger partial charge in [-0.15, -0.1) is 0 Å². The lowest BCUT2D eigenvalue weighted by molar-refractivity contribution is -0.129. The lowest BCUT2D eigenvalue weighted by Gasteiger charge is -2.16. The van der Waals surface area contributed by atoms with Gasteiger partial charge in [-0.1, -0.05) is 25.0 Å². The van der Waals surface area contributed by atoms with Crippen molar-refractivity contribution in [1.29, 1.82) is 0 Å². The number of furan rings is 1. The molecule has 1 amide bonds. The lowest BCUT2D eigenvalue weighted by Crippen LogP contribution is -2.29. The molecule has 0 aliphatic carbocycles. The number of amides is 1. The normalized spacial score (nSPS) is 10.9. The van der Waals surface area contributed by atoms with Crippen molar-refractivity contribution in [2.75, 3.05) is 13.6 Å². The van der Waals surface area contributed by atoms with E-state index in [9.17, 15) is 4.79 Å². The molecule has 2 aromatic rings. The summed E-state index contributed by atoms with van der Waals surface area (Å²) in [5.41, 5.74) is 3.01. The number of likely N-dealkylation sites (N-methyl/N-ethyl adjacent to an activating group) is 1. The zero-order valence-corrected chi connectivity index (χ0v) is 11.9. The molecule has 3 heteroatoms. The van der Waals surface area contributed by atoms with E-state index in [1.807, 2.05) is 26.1 Å². The Hall–Kier alpha value is -1.77. The fraction of sp³-hybridized carbons (Fsp3) is 0.438. The summed E-state index contributed by atoms with van der Waals surface area (Å²) in [6.07, 6.45) is 4.27. The first kappa shape index (κ1) is 13.7. The number of aryl methyl sites for hydroxylation is 1. The Morgan fingerprint density at radius 3 is 2.89 bits per heavy atom. The second-order valence-electron chi connectivity index (χ2n) is 5.11. The maximum absolute atomic E-state index is 12.1. The summed E-state index contributed by atoms with van der Waals surface area (Å²) in [6.45, 7) is 5.00. The molecule has 0 radical (unpaired) electrons. The van der Waals surface area contributed by atoms with Crippen molar-refractivity contribution >= 4 is 16.9 Å². The van der Waals surface area contributed by atoms with Crippen molar-refractivity contribution in [2.45, 2.75) is 33.1 Å². The highest BCUT2D eigenvalue weighted by molar-refractivity contribution is 5.87. The van der Waals surface area contributed by atoms with Crippen LogP contribution in [-0.2, 0) is 11.2 Å². The van der Waals surface area contributed by atoms with Gasteiger partial charge in [-0.05, 0) is 25.5 Å². The third kappa shape index (κ3) is 3.16. The minimum Gasteiger partial charge on any atom is -0.464 e. The first-order valence-electron chi connectivity index (χ1n) is 6.82. The van der Waals surface area contributed by atoms with Crippen LogP contribution in [0.25, 0.3) is 11.0 Å². The Morgan fingerprint density at radius 2 is 2.16 bits per heavy atom. The number of hydrogen-bond acceptors (Lipinski definition) is 2. The Bertz CT molecular complexity index is 571. The van der Waals surface area contributed by atoms with E-state index < -0.39 is 0 Å². The van der Waals surface area contributed by atoms with E-state index in [0.717, 1.165) is 35.9 Å². The van der Waals surface area contributed by atoms with Crippen LogP contribution in [0.1, 0.15) is 30.9 Å². The molecule has 1 aromatic heterocycles. The van der Waals surface area contributed by atoms with Crippen LogP contribution >= 0.6 is 0 Å². The van der Waals surface area contributed by atoms with Gasteiger partial charge >= 0.3 is 0 Å². The van der Waals surface area contributed by atoms with Crippen LogP contribution in [0.15, 0.2) is 28.9 Å². The summed E-state index contributed by atoms with van der Waals surface area (Å²) in [7, 11) is 1.87. The number of hydrogen-bond donors (Lipinski definition) is 0. The van der Waals surface area contributed by atoms with E-state index in [1.165, 1.54) is 5.56 Å². The van der Waals surface area contributed by atoms with Crippen LogP contribution in [0.3, 0.4) is 0 Å². The molecule has 0 N–H and O–H groups in total. The van der Waals surface area contributed by atoms with E-state index in [0.29, 0.717) is 6.42 Å². The molecule has 19 heavy (non-hydrogen) atoms. The molecular weight excluding hydrogens is 238 g/mol. The van der Waals surface area contributed by atoms with E-state index in [2.05, 4.69) is 13.0 Å². The second kappa shape index (κ2) is 5.91. The molecule has 0 bridgehead atoms. The number of fused-ring (bicyclic) bond motifs is 1. The topological polar surface area (TPSA) is 33.5 Å². The van der Waals surface area contributed by atoms with E-state index in [4.69, 9.17) is 4.42 Å². The van der Waals surface area contributed by atoms with Crippen LogP contribution < -0.4 is 0 Å². The predicted molar refractivity (Wildman–Crippen MR) is 77.2 cm³/mol. The Kier molecular flexibility index (Phi) is 4.25. The first-order valence-corrected chi connectivity index (χ1v) is 6.82. The quantitative estimate of drug-likeness (QED) is 0.823. The summed E-state index contributed by atoms with van der Waals surface area (Å²) in [6, 6.07) is 6.05. The average Bonchev–Trinajstić information content (AvgIpc) is 2.78. The molecule has 3 nitrogen and oxygen atoms in total. The van der Waals surface area contributed by atoms with Crippen molar-refractivity contribution in [3.63, 3.8) is 0 Å². The molecule has 0 aliphatic heterocycles. The largest absolute Gasteiger partial charge is 0.464 e. The first-order chi connectivity index (χ1) is 9.11.